The second-order valence-corrected chi connectivity index (χ2v) is 11.8. The van der Waals surface area contributed by atoms with E-state index >= 15 is 0 Å². The first-order valence-corrected chi connectivity index (χ1v) is 13.0. The zero-order chi connectivity index (χ0) is 17.5. The van der Waals surface area contributed by atoms with E-state index in [1.54, 1.807) is 0 Å². The Morgan fingerprint density at radius 2 is 2.04 bits per heavy atom. The van der Waals surface area contributed by atoms with Gasteiger partial charge in [-0.2, -0.15) is 0 Å². The highest BCUT2D eigenvalue weighted by Gasteiger charge is 2.29. The summed E-state index contributed by atoms with van der Waals surface area (Å²) in [7, 11) is 2.05. The molecule has 4 atom stereocenters. The van der Waals surface area contributed by atoms with Crippen molar-refractivity contribution in [3.63, 3.8) is 0 Å². The molecule has 3 unspecified atom stereocenters. The van der Waals surface area contributed by atoms with Crippen molar-refractivity contribution < 1.29 is 14.4 Å². The Morgan fingerprint density at radius 1 is 1.35 bits per heavy atom. The lowest BCUT2D eigenvalue weighted by Gasteiger charge is -2.25. The molecule has 1 rings (SSSR count). The lowest BCUT2D eigenvalue weighted by atomic mass is 10.1. The summed E-state index contributed by atoms with van der Waals surface area (Å²) in [5.74, 6) is 0.816. The molecule has 0 saturated heterocycles. The summed E-state index contributed by atoms with van der Waals surface area (Å²) >= 11 is 0. The molecular weight excluding hydrogens is 347 g/mol. The molecule has 1 aromatic carbocycles. The summed E-state index contributed by atoms with van der Waals surface area (Å²) < 4.78 is 12.4. The normalized spacial score (nSPS) is 15.1. The van der Waals surface area contributed by atoms with Crippen molar-refractivity contribution in [1.82, 2.24) is 5.09 Å². The van der Waals surface area contributed by atoms with E-state index in [4.69, 9.17) is 9.26 Å². The minimum Gasteiger partial charge on any atom is -0.487 e. The SMILES string of the molecule is CPNCCC(O[P+](C)(C)C)c1cccc(P)c1O[C@H](C)CO. The molecule has 0 spiro atoms. The highest BCUT2D eigenvalue weighted by atomic mass is 31.2. The van der Waals surface area contributed by atoms with Gasteiger partial charge in [-0.1, -0.05) is 26.9 Å². The van der Waals surface area contributed by atoms with Crippen LogP contribution in [0, 0.1) is 0 Å². The number of hydrogen-bond acceptors (Lipinski definition) is 4. The number of ether oxygens (including phenoxy) is 1. The maximum atomic E-state index is 9.31. The van der Waals surface area contributed by atoms with Crippen molar-refractivity contribution in [3.05, 3.63) is 23.8 Å². The van der Waals surface area contributed by atoms with Crippen LogP contribution in [0.5, 0.6) is 5.75 Å². The quantitative estimate of drug-likeness (QED) is 0.486. The number of nitrogens with one attached hydrogen (secondary N) is 1. The predicted octanol–water partition coefficient (Wildman–Crippen LogP) is 3.03. The fraction of sp³-hybridized carbons (Fsp3) is 0.625. The standard InChI is InChI=1S/C16H31NO3P3/c1-12(11-18)19-16-13(7-6-8-15(16)21)14(9-10-17-22-2)20-23(3,4)5/h6-8,12,14,17-18,22H,9-11,21H2,1-5H3/q+1/t12-,14?/m1/s1. The molecule has 0 saturated carbocycles. The van der Waals surface area contributed by atoms with E-state index in [0.717, 1.165) is 38.3 Å². The molecule has 0 bridgehead atoms. The molecular formula is C16H31NO3P3+. The summed E-state index contributed by atoms with van der Waals surface area (Å²) in [5.41, 5.74) is 1.06. The first-order chi connectivity index (χ1) is 10.8. The number of hydrogen-bond donors (Lipinski definition) is 2. The number of para-hydroxylation sites is 1. The third-order valence-electron chi connectivity index (χ3n) is 3.15. The summed E-state index contributed by atoms with van der Waals surface area (Å²) in [6.07, 6.45) is 0.653. The zero-order valence-electron chi connectivity index (χ0n) is 14.8. The Morgan fingerprint density at radius 3 is 2.61 bits per heavy atom. The van der Waals surface area contributed by atoms with E-state index in [-0.39, 0.29) is 18.8 Å². The Kier molecular flexibility index (Phi) is 9.46. The van der Waals surface area contributed by atoms with Crippen LogP contribution in [0.3, 0.4) is 0 Å². The Bertz CT molecular complexity index is 480. The van der Waals surface area contributed by atoms with E-state index in [2.05, 4.69) is 47.1 Å². The van der Waals surface area contributed by atoms with Crippen LogP contribution in [0.25, 0.3) is 0 Å². The van der Waals surface area contributed by atoms with Gasteiger partial charge in [0.2, 0.25) is 0 Å². The Labute approximate surface area is 145 Å². The molecule has 1 aromatic rings. The summed E-state index contributed by atoms with van der Waals surface area (Å²) in [6.45, 7) is 11.4. The molecule has 132 valence electrons. The number of aliphatic hydroxyl groups is 1. The van der Waals surface area contributed by atoms with Crippen molar-refractivity contribution in [3.8, 4) is 5.75 Å². The van der Waals surface area contributed by atoms with Crippen LogP contribution in [0.2, 0.25) is 0 Å². The average Bonchev–Trinajstić information content (AvgIpc) is 2.47. The van der Waals surface area contributed by atoms with E-state index in [1.165, 1.54) is 0 Å². The predicted molar refractivity (Wildman–Crippen MR) is 108 cm³/mol. The number of benzene rings is 1. The van der Waals surface area contributed by atoms with E-state index in [9.17, 15) is 5.11 Å². The lowest BCUT2D eigenvalue weighted by Crippen LogP contribution is -2.22. The van der Waals surface area contributed by atoms with Gasteiger partial charge in [0.25, 0.3) is 0 Å². The van der Waals surface area contributed by atoms with E-state index < -0.39 is 7.49 Å². The molecule has 7 heteroatoms. The van der Waals surface area contributed by atoms with Crippen LogP contribution in [-0.2, 0) is 4.52 Å². The van der Waals surface area contributed by atoms with Crippen LogP contribution in [0.4, 0.5) is 0 Å². The molecule has 0 aromatic heterocycles. The Hall–Kier alpha value is 0.190. The maximum Gasteiger partial charge on any atom is 0.137 e. The second kappa shape index (κ2) is 10.2. The minimum absolute atomic E-state index is 0.00521. The first-order valence-electron chi connectivity index (χ1n) is 7.83. The van der Waals surface area contributed by atoms with Crippen LogP contribution in [0.15, 0.2) is 18.2 Å². The van der Waals surface area contributed by atoms with Crippen molar-refractivity contribution in [2.45, 2.75) is 25.6 Å². The average molecular weight is 378 g/mol. The fourth-order valence-corrected chi connectivity index (χ4v) is 3.90. The van der Waals surface area contributed by atoms with Gasteiger partial charge in [0.05, 0.1) is 26.6 Å². The number of aliphatic hydroxyl groups excluding tert-OH is 1. The van der Waals surface area contributed by atoms with Gasteiger partial charge in [0.1, 0.15) is 25.4 Å². The van der Waals surface area contributed by atoms with Crippen molar-refractivity contribution in [2.75, 3.05) is 39.8 Å². The van der Waals surface area contributed by atoms with E-state index in [1.807, 2.05) is 19.1 Å². The molecule has 0 fully saturated rings. The van der Waals surface area contributed by atoms with Crippen LogP contribution >= 0.6 is 25.5 Å². The van der Waals surface area contributed by atoms with Gasteiger partial charge in [-0.15, -0.1) is 9.24 Å². The van der Waals surface area contributed by atoms with Gasteiger partial charge < -0.3 is 9.84 Å². The molecule has 0 aliphatic rings. The van der Waals surface area contributed by atoms with Gasteiger partial charge in [0.15, 0.2) is 0 Å². The monoisotopic (exact) mass is 378 g/mol. The lowest BCUT2D eigenvalue weighted by molar-refractivity contribution is 0.125. The maximum absolute atomic E-state index is 9.31. The molecule has 0 radical (unpaired) electrons. The summed E-state index contributed by atoms with van der Waals surface area (Å²) in [5, 5.41) is 13.7. The van der Waals surface area contributed by atoms with Crippen molar-refractivity contribution >= 4 is 30.8 Å². The third kappa shape index (κ3) is 7.74. The first kappa shape index (κ1) is 21.2. The van der Waals surface area contributed by atoms with Gasteiger partial charge >= 0.3 is 0 Å². The summed E-state index contributed by atoms with van der Waals surface area (Å²) in [4.78, 5) is 0. The molecule has 0 heterocycles. The van der Waals surface area contributed by atoms with Crippen LogP contribution in [0.1, 0.15) is 25.0 Å². The highest BCUT2D eigenvalue weighted by Crippen LogP contribution is 2.53. The molecule has 0 aliphatic carbocycles. The Balaban J connectivity index is 3.10. The van der Waals surface area contributed by atoms with Crippen LogP contribution in [-0.4, -0.2) is 51.0 Å². The fourth-order valence-electron chi connectivity index (χ4n) is 2.18. The molecule has 23 heavy (non-hydrogen) atoms. The van der Waals surface area contributed by atoms with Gasteiger partial charge in [0, 0.05) is 17.4 Å². The smallest absolute Gasteiger partial charge is 0.137 e. The van der Waals surface area contributed by atoms with Crippen molar-refractivity contribution in [2.24, 2.45) is 0 Å². The zero-order valence-corrected chi connectivity index (χ0v) is 17.8. The molecule has 2 N–H and O–H groups in total. The molecule has 0 amide bonds. The highest BCUT2D eigenvalue weighted by molar-refractivity contribution is 7.69. The third-order valence-corrected chi connectivity index (χ3v) is 5.10. The van der Waals surface area contributed by atoms with E-state index in [0.29, 0.717) is 0 Å². The number of rotatable bonds is 10. The molecule has 0 aliphatic heterocycles. The minimum atomic E-state index is -1.40. The van der Waals surface area contributed by atoms with Gasteiger partial charge in [-0.3, -0.25) is 5.09 Å². The van der Waals surface area contributed by atoms with Gasteiger partial charge in [-0.05, 0) is 20.0 Å². The summed E-state index contributed by atoms with van der Waals surface area (Å²) in [6, 6.07) is 6.10. The second-order valence-electron chi connectivity index (χ2n) is 6.33. The topological polar surface area (TPSA) is 50.7 Å². The largest absolute Gasteiger partial charge is 0.487 e. The van der Waals surface area contributed by atoms with Crippen LogP contribution < -0.4 is 15.1 Å². The van der Waals surface area contributed by atoms with Gasteiger partial charge in [-0.25, -0.2) is 4.52 Å². The van der Waals surface area contributed by atoms with Crippen molar-refractivity contribution in [1.29, 1.82) is 0 Å². The molecule has 4 nitrogen and oxygen atoms in total.